The van der Waals surface area contributed by atoms with Crippen molar-refractivity contribution in [2.75, 3.05) is 0 Å². The SMILES string of the molecule is Cc1ccc(-c2cc3c(s2)CNC2CCc4cc(O)c(O)cc4C32)cc1. The number of aryl methyl sites for hydroxylation is 2. The molecule has 2 atom stereocenters. The molecule has 1 aliphatic carbocycles. The van der Waals surface area contributed by atoms with Crippen LogP contribution in [0.25, 0.3) is 10.4 Å². The number of thiophene rings is 1. The molecule has 2 heterocycles. The highest BCUT2D eigenvalue weighted by atomic mass is 32.1. The summed E-state index contributed by atoms with van der Waals surface area (Å²) in [5, 5.41) is 23.6. The molecular formula is C22H21NO2S. The van der Waals surface area contributed by atoms with Gasteiger partial charge in [0.2, 0.25) is 0 Å². The maximum atomic E-state index is 10.1. The van der Waals surface area contributed by atoms with E-state index in [1.54, 1.807) is 12.1 Å². The number of hydrogen-bond donors (Lipinski definition) is 3. The number of phenols is 2. The van der Waals surface area contributed by atoms with E-state index in [1.165, 1.54) is 26.4 Å². The standard InChI is InChI=1S/C22H21NO2S/c1-12-2-4-13(5-3-12)20-10-16-21(26-20)11-23-17-7-6-14-8-18(24)19(25)9-15(14)22(16)17/h2-5,8-10,17,22-25H,6-7,11H2,1H3. The van der Waals surface area contributed by atoms with E-state index in [4.69, 9.17) is 0 Å². The molecule has 3 aromatic rings. The van der Waals surface area contributed by atoms with Crippen LogP contribution in [0, 0.1) is 6.92 Å². The van der Waals surface area contributed by atoms with E-state index in [-0.39, 0.29) is 17.4 Å². The summed E-state index contributed by atoms with van der Waals surface area (Å²) in [6.07, 6.45) is 1.98. The quantitative estimate of drug-likeness (QED) is 0.550. The maximum Gasteiger partial charge on any atom is 0.157 e. The summed E-state index contributed by atoms with van der Waals surface area (Å²) in [6.45, 7) is 3.02. The zero-order chi connectivity index (χ0) is 17.8. The van der Waals surface area contributed by atoms with Crippen molar-refractivity contribution in [3.63, 3.8) is 0 Å². The largest absolute Gasteiger partial charge is 0.504 e. The number of nitrogens with one attached hydrogen (secondary N) is 1. The summed E-state index contributed by atoms with van der Waals surface area (Å²) in [5.41, 5.74) is 6.21. The lowest BCUT2D eigenvalue weighted by Gasteiger charge is -2.38. The highest BCUT2D eigenvalue weighted by Crippen LogP contribution is 2.47. The Bertz CT molecular complexity index is 990. The normalized spacial score (nSPS) is 21.0. The van der Waals surface area contributed by atoms with E-state index in [9.17, 15) is 10.2 Å². The minimum Gasteiger partial charge on any atom is -0.504 e. The van der Waals surface area contributed by atoms with Crippen molar-refractivity contribution < 1.29 is 10.2 Å². The van der Waals surface area contributed by atoms with Gasteiger partial charge in [0, 0.05) is 28.3 Å². The van der Waals surface area contributed by atoms with Gasteiger partial charge in [-0.25, -0.2) is 0 Å². The number of fused-ring (bicyclic) bond motifs is 5. The third-order valence-electron chi connectivity index (χ3n) is 5.74. The first-order valence-corrected chi connectivity index (χ1v) is 9.89. The smallest absolute Gasteiger partial charge is 0.157 e. The topological polar surface area (TPSA) is 52.5 Å². The van der Waals surface area contributed by atoms with Crippen molar-refractivity contribution in [2.45, 2.75) is 38.3 Å². The molecule has 2 unspecified atom stereocenters. The fraction of sp³-hybridized carbons (Fsp3) is 0.273. The van der Waals surface area contributed by atoms with Gasteiger partial charge in [-0.1, -0.05) is 29.8 Å². The fourth-order valence-corrected chi connectivity index (χ4v) is 5.53. The number of rotatable bonds is 1. The van der Waals surface area contributed by atoms with E-state index in [0.717, 1.165) is 30.5 Å². The van der Waals surface area contributed by atoms with Gasteiger partial charge < -0.3 is 15.5 Å². The highest BCUT2D eigenvalue weighted by molar-refractivity contribution is 7.15. The van der Waals surface area contributed by atoms with E-state index >= 15 is 0 Å². The van der Waals surface area contributed by atoms with Gasteiger partial charge in [-0.3, -0.25) is 0 Å². The molecule has 0 saturated carbocycles. The molecule has 0 amide bonds. The van der Waals surface area contributed by atoms with Gasteiger partial charge in [0.05, 0.1) is 0 Å². The molecule has 4 heteroatoms. The molecule has 132 valence electrons. The average Bonchev–Trinajstić information content (AvgIpc) is 3.07. The molecule has 0 spiro atoms. The predicted octanol–water partition coefficient (Wildman–Crippen LogP) is 4.68. The summed E-state index contributed by atoms with van der Waals surface area (Å²) in [5.74, 6) is 0.201. The Morgan fingerprint density at radius 3 is 2.58 bits per heavy atom. The van der Waals surface area contributed by atoms with Gasteiger partial charge in [-0.05, 0) is 60.2 Å². The van der Waals surface area contributed by atoms with Gasteiger partial charge in [0.1, 0.15) is 0 Å². The lowest BCUT2D eigenvalue weighted by molar-refractivity contribution is 0.382. The molecule has 0 bridgehead atoms. The first-order valence-electron chi connectivity index (χ1n) is 9.08. The molecule has 2 aromatic carbocycles. The average molecular weight is 363 g/mol. The maximum absolute atomic E-state index is 10.1. The zero-order valence-corrected chi connectivity index (χ0v) is 15.4. The van der Waals surface area contributed by atoms with Crippen molar-refractivity contribution >= 4 is 11.3 Å². The number of benzene rings is 2. The number of aromatic hydroxyl groups is 2. The summed E-state index contributed by atoms with van der Waals surface area (Å²) in [7, 11) is 0. The van der Waals surface area contributed by atoms with E-state index in [1.807, 2.05) is 11.3 Å². The van der Waals surface area contributed by atoms with Gasteiger partial charge in [0.25, 0.3) is 0 Å². The Morgan fingerprint density at radius 1 is 1.00 bits per heavy atom. The van der Waals surface area contributed by atoms with Gasteiger partial charge in [-0.15, -0.1) is 11.3 Å². The molecule has 0 radical (unpaired) electrons. The number of hydrogen-bond acceptors (Lipinski definition) is 4. The molecule has 3 nitrogen and oxygen atoms in total. The van der Waals surface area contributed by atoms with Crippen LogP contribution >= 0.6 is 11.3 Å². The van der Waals surface area contributed by atoms with Gasteiger partial charge >= 0.3 is 0 Å². The lowest BCUT2D eigenvalue weighted by Crippen LogP contribution is -2.41. The molecule has 0 saturated heterocycles. The molecule has 1 aromatic heterocycles. The van der Waals surface area contributed by atoms with Crippen LogP contribution < -0.4 is 5.32 Å². The van der Waals surface area contributed by atoms with Crippen molar-refractivity contribution in [2.24, 2.45) is 0 Å². The Balaban J connectivity index is 1.63. The molecular weight excluding hydrogens is 342 g/mol. The van der Waals surface area contributed by atoms with Crippen LogP contribution in [0.5, 0.6) is 11.5 Å². The Hall–Kier alpha value is -2.30. The van der Waals surface area contributed by atoms with Gasteiger partial charge in [-0.2, -0.15) is 0 Å². The molecule has 3 N–H and O–H groups in total. The monoisotopic (exact) mass is 363 g/mol. The Morgan fingerprint density at radius 2 is 1.77 bits per heavy atom. The first kappa shape index (κ1) is 15.9. The van der Waals surface area contributed by atoms with Crippen molar-refractivity contribution in [1.82, 2.24) is 5.32 Å². The second kappa shape index (κ2) is 5.86. The number of phenolic OH excluding ortho intramolecular Hbond substituents is 2. The minimum atomic E-state index is -0.0227. The Labute approximate surface area is 157 Å². The highest BCUT2D eigenvalue weighted by Gasteiger charge is 2.36. The summed E-state index contributed by atoms with van der Waals surface area (Å²) in [4.78, 5) is 2.68. The second-order valence-electron chi connectivity index (χ2n) is 7.40. The molecule has 2 aliphatic rings. The molecule has 0 fully saturated rings. The fourth-order valence-electron chi connectivity index (χ4n) is 4.37. The van der Waals surface area contributed by atoms with Gasteiger partial charge in [0.15, 0.2) is 11.5 Å². The van der Waals surface area contributed by atoms with Crippen LogP contribution in [0.3, 0.4) is 0 Å². The van der Waals surface area contributed by atoms with E-state index in [0.29, 0.717) is 6.04 Å². The van der Waals surface area contributed by atoms with E-state index < -0.39 is 0 Å². The van der Waals surface area contributed by atoms with Crippen LogP contribution in [0.1, 0.15) is 39.5 Å². The van der Waals surface area contributed by atoms with Crippen molar-refractivity contribution in [3.05, 3.63) is 69.6 Å². The molecule has 5 rings (SSSR count). The lowest BCUT2D eigenvalue weighted by atomic mass is 9.74. The molecule has 1 aliphatic heterocycles. The van der Waals surface area contributed by atoms with Crippen LogP contribution in [0.2, 0.25) is 0 Å². The first-order chi connectivity index (χ1) is 12.6. The summed E-state index contributed by atoms with van der Waals surface area (Å²) in [6, 6.07) is 14.9. The Kier molecular flexibility index (Phi) is 3.59. The minimum absolute atomic E-state index is 0.0168. The molecule has 26 heavy (non-hydrogen) atoms. The predicted molar refractivity (Wildman–Crippen MR) is 105 cm³/mol. The third kappa shape index (κ3) is 2.44. The van der Waals surface area contributed by atoms with Crippen LogP contribution in [-0.4, -0.2) is 16.3 Å². The summed E-state index contributed by atoms with van der Waals surface area (Å²) < 4.78 is 0. The van der Waals surface area contributed by atoms with Crippen LogP contribution in [0.15, 0.2) is 42.5 Å². The zero-order valence-electron chi connectivity index (χ0n) is 14.6. The second-order valence-corrected chi connectivity index (χ2v) is 8.54. The van der Waals surface area contributed by atoms with E-state index in [2.05, 4.69) is 42.6 Å². The van der Waals surface area contributed by atoms with Crippen LogP contribution in [-0.2, 0) is 13.0 Å². The van der Waals surface area contributed by atoms with Crippen LogP contribution in [0.4, 0.5) is 0 Å². The van der Waals surface area contributed by atoms with Crippen molar-refractivity contribution in [1.29, 1.82) is 0 Å². The third-order valence-corrected chi connectivity index (χ3v) is 6.94. The summed E-state index contributed by atoms with van der Waals surface area (Å²) >= 11 is 1.86. The van der Waals surface area contributed by atoms with Crippen molar-refractivity contribution in [3.8, 4) is 21.9 Å².